The molecule has 2 unspecified atom stereocenters. The number of piperidine rings is 1. The second-order valence-electron chi connectivity index (χ2n) is 7.84. The summed E-state index contributed by atoms with van der Waals surface area (Å²) in [6.07, 6.45) is 4.15. The third-order valence-electron chi connectivity index (χ3n) is 5.28. The molecular weight excluding hydrogens is 290 g/mol. The van der Waals surface area contributed by atoms with Crippen LogP contribution in [0.5, 0.6) is 0 Å². The third kappa shape index (κ3) is 5.44. The molecule has 0 saturated carbocycles. The fraction of sp³-hybridized carbons (Fsp3) is 0.944. The lowest BCUT2D eigenvalue weighted by Gasteiger charge is -2.38. The van der Waals surface area contributed by atoms with E-state index in [1.54, 1.807) is 0 Å². The smallest absolute Gasteiger partial charge is 0.239 e. The quantitative estimate of drug-likeness (QED) is 0.836. The first-order valence-corrected chi connectivity index (χ1v) is 9.29. The van der Waals surface area contributed by atoms with Crippen molar-refractivity contribution in [3.8, 4) is 0 Å². The first kappa shape index (κ1) is 18.7. The number of carbonyl (C=O) groups is 1. The largest absolute Gasteiger partial charge is 0.373 e. The molecule has 2 heterocycles. The van der Waals surface area contributed by atoms with Crippen LogP contribution in [0.3, 0.4) is 0 Å². The van der Waals surface area contributed by atoms with Crippen LogP contribution in [0.4, 0.5) is 0 Å². The zero-order valence-electron chi connectivity index (χ0n) is 15.3. The van der Waals surface area contributed by atoms with E-state index in [2.05, 4.69) is 18.7 Å². The van der Waals surface area contributed by atoms with Gasteiger partial charge in [-0.2, -0.15) is 0 Å². The normalized spacial score (nSPS) is 29.0. The van der Waals surface area contributed by atoms with Crippen molar-refractivity contribution >= 4 is 5.91 Å². The van der Waals surface area contributed by atoms with E-state index in [0.717, 1.165) is 51.5 Å². The number of nitrogens with zero attached hydrogens (tertiary/aromatic N) is 2. The van der Waals surface area contributed by atoms with Gasteiger partial charge in [-0.3, -0.25) is 9.69 Å². The average molecular weight is 325 g/mol. The Morgan fingerprint density at radius 2 is 1.74 bits per heavy atom. The molecule has 0 aromatic heterocycles. The van der Waals surface area contributed by atoms with Crippen molar-refractivity contribution in [1.82, 2.24) is 9.80 Å². The number of hydrogen-bond acceptors (Lipinski definition) is 4. The Labute approximate surface area is 141 Å². The van der Waals surface area contributed by atoms with E-state index in [0.29, 0.717) is 12.2 Å². The number of carbonyl (C=O) groups excluding carboxylic acids is 1. The molecule has 2 rings (SSSR count). The van der Waals surface area contributed by atoms with Crippen LogP contribution < -0.4 is 5.73 Å². The van der Waals surface area contributed by atoms with Gasteiger partial charge in [-0.25, -0.2) is 0 Å². The highest BCUT2D eigenvalue weighted by molar-refractivity contribution is 5.82. The van der Waals surface area contributed by atoms with Crippen molar-refractivity contribution in [3.63, 3.8) is 0 Å². The fourth-order valence-electron chi connectivity index (χ4n) is 3.77. The highest BCUT2D eigenvalue weighted by Crippen LogP contribution is 2.22. The Hall–Kier alpha value is -0.650. The molecule has 3 atom stereocenters. The number of ether oxygens (including phenoxy) is 1. The summed E-state index contributed by atoms with van der Waals surface area (Å²) in [5, 5.41) is 0. The van der Waals surface area contributed by atoms with E-state index in [9.17, 15) is 4.79 Å². The van der Waals surface area contributed by atoms with Gasteiger partial charge < -0.3 is 15.4 Å². The van der Waals surface area contributed by atoms with Crippen LogP contribution in [0.1, 0.15) is 47.0 Å². The van der Waals surface area contributed by atoms with Crippen LogP contribution >= 0.6 is 0 Å². The van der Waals surface area contributed by atoms with Gasteiger partial charge in [-0.05, 0) is 51.5 Å². The molecule has 0 aliphatic carbocycles. The van der Waals surface area contributed by atoms with Crippen LogP contribution in [-0.2, 0) is 9.53 Å². The Morgan fingerprint density at radius 3 is 2.26 bits per heavy atom. The Bertz CT molecular complexity index is 370. The minimum atomic E-state index is -0.345. The number of morpholine rings is 1. The highest BCUT2D eigenvalue weighted by atomic mass is 16.5. The van der Waals surface area contributed by atoms with Crippen molar-refractivity contribution in [1.29, 1.82) is 0 Å². The molecular formula is C18H35N3O2. The first-order valence-electron chi connectivity index (χ1n) is 9.29. The number of likely N-dealkylation sites (tertiary alicyclic amines) is 1. The maximum Gasteiger partial charge on any atom is 0.239 e. The van der Waals surface area contributed by atoms with Gasteiger partial charge in [0.1, 0.15) is 0 Å². The zero-order valence-corrected chi connectivity index (χ0v) is 15.3. The summed E-state index contributed by atoms with van der Waals surface area (Å²) in [6, 6.07) is -0.345. The molecule has 0 radical (unpaired) electrons. The molecule has 2 saturated heterocycles. The lowest BCUT2D eigenvalue weighted by atomic mass is 9.92. The third-order valence-corrected chi connectivity index (χ3v) is 5.28. The molecule has 2 fully saturated rings. The number of rotatable bonds is 5. The van der Waals surface area contributed by atoms with Gasteiger partial charge in [0, 0.05) is 26.2 Å². The van der Waals surface area contributed by atoms with Crippen molar-refractivity contribution in [3.05, 3.63) is 0 Å². The van der Waals surface area contributed by atoms with E-state index >= 15 is 0 Å². The summed E-state index contributed by atoms with van der Waals surface area (Å²) in [7, 11) is 0. The molecule has 0 aromatic rings. The van der Waals surface area contributed by atoms with Crippen molar-refractivity contribution < 1.29 is 9.53 Å². The molecule has 5 nitrogen and oxygen atoms in total. The van der Waals surface area contributed by atoms with Crippen LogP contribution in [0.2, 0.25) is 0 Å². The van der Waals surface area contributed by atoms with Gasteiger partial charge in [0.25, 0.3) is 0 Å². The maximum atomic E-state index is 12.3. The van der Waals surface area contributed by atoms with Crippen molar-refractivity contribution in [2.24, 2.45) is 17.6 Å². The molecule has 5 heteroatoms. The fourth-order valence-corrected chi connectivity index (χ4v) is 3.77. The minimum absolute atomic E-state index is 0.134. The Balaban J connectivity index is 1.69. The molecule has 23 heavy (non-hydrogen) atoms. The van der Waals surface area contributed by atoms with Crippen LogP contribution in [0.15, 0.2) is 0 Å². The molecule has 0 spiro atoms. The maximum absolute atomic E-state index is 12.3. The topological polar surface area (TPSA) is 58.8 Å². The van der Waals surface area contributed by atoms with Crippen LogP contribution in [0, 0.1) is 11.8 Å². The van der Waals surface area contributed by atoms with E-state index in [-0.39, 0.29) is 17.9 Å². The molecule has 2 N–H and O–H groups in total. The van der Waals surface area contributed by atoms with E-state index < -0.39 is 0 Å². The van der Waals surface area contributed by atoms with Crippen LogP contribution in [-0.4, -0.2) is 66.7 Å². The lowest BCUT2D eigenvalue weighted by Crippen LogP contribution is -2.49. The summed E-state index contributed by atoms with van der Waals surface area (Å²) >= 11 is 0. The summed E-state index contributed by atoms with van der Waals surface area (Å²) in [6.45, 7) is 13.3. The summed E-state index contributed by atoms with van der Waals surface area (Å²) < 4.78 is 5.79. The summed E-state index contributed by atoms with van der Waals surface area (Å²) in [5.74, 6) is 1.09. The van der Waals surface area contributed by atoms with Gasteiger partial charge in [-0.1, -0.05) is 13.8 Å². The van der Waals surface area contributed by atoms with Gasteiger partial charge in [0.2, 0.25) is 5.91 Å². The SMILES string of the molecule is CC1CN(CCC2CCN(C(=O)[C@@H](N)C(C)C)CC2)CC(C)O1. The van der Waals surface area contributed by atoms with E-state index in [1.165, 1.54) is 6.42 Å². The lowest BCUT2D eigenvalue weighted by molar-refractivity contribution is -0.135. The van der Waals surface area contributed by atoms with Gasteiger partial charge >= 0.3 is 0 Å². The average Bonchev–Trinajstić information content (AvgIpc) is 2.51. The highest BCUT2D eigenvalue weighted by Gasteiger charge is 2.28. The van der Waals surface area contributed by atoms with E-state index in [1.807, 2.05) is 18.7 Å². The van der Waals surface area contributed by atoms with Gasteiger partial charge in [0.05, 0.1) is 18.2 Å². The summed E-state index contributed by atoms with van der Waals surface area (Å²) in [5.41, 5.74) is 6.00. The predicted octanol–water partition coefficient (Wildman–Crippen LogP) is 1.71. The van der Waals surface area contributed by atoms with E-state index in [4.69, 9.17) is 10.5 Å². The molecule has 1 amide bonds. The molecule has 134 valence electrons. The first-order chi connectivity index (χ1) is 10.9. The second kappa shape index (κ2) is 8.45. The molecule has 2 aliphatic rings. The minimum Gasteiger partial charge on any atom is -0.373 e. The summed E-state index contributed by atoms with van der Waals surface area (Å²) in [4.78, 5) is 16.8. The molecule has 0 bridgehead atoms. The second-order valence-corrected chi connectivity index (χ2v) is 7.84. The Morgan fingerprint density at radius 1 is 1.17 bits per heavy atom. The zero-order chi connectivity index (χ0) is 17.0. The monoisotopic (exact) mass is 325 g/mol. The molecule has 0 aromatic carbocycles. The number of hydrogen-bond donors (Lipinski definition) is 1. The van der Waals surface area contributed by atoms with Crippen molar-refractivity contribution in [2.45, 2.75) is 65.2 Å². The number of nitrogens with two attached hydrogens (primary N) is 1. The standard InChI is InChI=1S/C18H35N3O2/c1-13(2)17(19)18(22)21-9-6-16(7-10-21)5-8-20-11-14(3)23-15(4)12-20/h13-17H,5-12,19H2,1-4H3/t14?,15?,17-/m0/s1. The predicted molar refractivity (Wildman–Crippen MR) is 93.2 cm³/mol. The van der Waals surface area contributed by atoms with Gasteiger partial charge in [0.15, 0.2) is 0 Å². The van der Waals surface area contributed by atoms with Crippen molar-refractivity contribution in [2.75, 3.05) is 32.7 Å². The number of amides is 1. The van der Waals surface area contributed by atoms with Gasteiger partial charge in [-0.15, -0.1) is 0 Å². The Kier molecular flexibility index (Phi) is 6.86. The van der Waals surface area contributed by atoms with Crippen LogP contribution in [0.25, 0.3) is 0 Å². The molecule has 2 aliphatic heterocycles.